The predicted molar refractivity (Wildman–Crippen MR) is 60.6 cm³/mol. The average Bonchev–Trinajstić information content (AvgIpc) is 2.27. The molecule has 88 valence electrons. The number of carbonyl (C=O) groups is 1. The predicted octanol–water partition coefficient (Wildman–Crippen LogP) is 1.96. The maximum Gasteiger partial charge on any atom is 0.307 e. The normalized spacial score (nSPS) is 28.5. The van der Waals surface area contributed by atoms with E-state index in [0.29, 0.717) is 18.4 Å². The Labute approximate surface area is 92.6 Å². The van der Waals surface area contributed by atoms with Gasteiger partial charge in [0.05, 0.1) is 13.5 Å². The van der Waals surface area contributed by atoms with Crippen molar-refractivity contribution in [1.82, 2.24) is 5.32 Å². The molecule has 0 spiro atoms. The summed E-state index contributed by atoms with van der Waals surface area (Å²) in [5.74, 6) is 1.40. The molecule has 0 bridgehead atoms. The monoisotopic (exact) mass is 213 g/mol. The molecule has 1 saturated carbocycles. The molecule has 0 aliphatic heterocycles. The number of carbonyl (C=O) groups excluding carboxylic acids is 1. The second-order valence-corrected chi connectivity index (χ2v) is 4.70. The second kappa shape index (κ2) is 6.11. The third-order valence-corrected chi connectivity index (χ3v) is 3.61. The number of hydrogen-bond donors (Lipinski definition) is 1. The third-order valence-electron chi connectivity index (χ3n) is 3.61. The minimum Gasteiger partial charge on any atom is -0.469 e. The molecule has 1 unspecified atom stereocenters. The van der Waals surface area contributed by atoms with E-state index in [2.05, 4.69) is 12.2 Å². The van der Waals surface area contributed by atoms with E-state index < -0.39 is 0 Å². The Morgan fingerprint density at radius 2 is 2.00 bits per heavy atom. The highest BCUT2D eigenvalue weighted by atomic mass is 16.5. The number of esters is 1. The lowest BCUT2D eigenvalue weighted by molar-refractivity contribution is -0.141. The van der Waals surface area contributed by atoms with Crippen molar-refractivity contribution in [1.29, 1.82) is 0 Å². The van der Waals surface area contributed by atoms with Gasteiger partial charge >= 0.3 is 5.97 Å². The van der Waals surface area contributed by atoms with Crippen LogP contribution in [0.15, 0.2) is 0 Å². The molecule has 0 saturated heterocycles. The molecule has 1 fully saturated rings. The first-order valence-corrected chi connectivity index (χ1v) is 5.91. The van der Waals surface area contributed by atoms with Gasteiger partial charge in [0.25, 0.3) is 0 Å². The summed E-state index contributed by atoms with van der Waals surface area (Å²) in [6, 6.07) is 0.296. The van der Waals surface area contributed by atoms with Crippen LogP contribution in [0, 0.1) is 11.8 Å². The van der Waals surface area contributed by atoms with Gasteiger partial charge in [-0.2, -0.15) is 0 Å². The molecule has 3 nitrogen and oxygen atoms in total. The molecule has 0 heterocycles. The molecule has 0 aromatic rings. The fourth-order valence-electron chi connectivity index (χ4n) is 2.46. The van der Waals surface area contributed by atoms with E-state index in [1.165, 1.54) is 32.8 Å². The van der Waals surface area contributed by atoms with Gasteiger partial charge in [0.2, 0.25) is 0 Å². The van der Waals surface area contributed by atoms with Gasteiger partial charge in [-0.1, -0.05) is 19.8 Å². The zero-order chi connectivity index (χ0) is 11.3. The zero-order valence-corrected chi connectivity index (χ0v) is 10.1. The number of ether oxygens (including phenoxy) is 1. The molecule has 1 rings (SSSR count). The van der Waals surface area contributed by atoms with Crippen molar-refractivity contribution in [3.63, 3.8) is 0 Å². The molecule has 1 atom stereocenters. The SMILES string of the molecule is CNC(CC(=O)OC)C1CCC(C)CC1. The van der Waals surface area contributed by atoms with Gasteiger partial charge in [0.1, 0.15) is 0 Å². The van der Waals surface area contributed by atoms with Gasteiger partial charge in [-0.25, -0.2) is 0 Å². The van der Waals surface area contributed by atoms with Crippen molar-refractivity contribution in [2.45, 2.75) is 45.1 Å². The minimum absolute atomic E-state index is 0.104. The van der Waals surface area contributed by atoms with Gasteiger partial charge in [-0.3, -0.25) is 4.79 Å². The molecular formula is C12H23NO2. The summed E-state index contributed by atoms with van der Waals surface area (Å²) in [6.45, 7) is 2.31. The molecule has 3 heteroatoms. The smallest absolute Gasteiger partial charge is 0.307 e. The first kappa shape index (κ1) is 12.5. The third kappa shape index (κ3) is 3.82. The molecular weight excluding hydrogens is 190 g/mol. The first-order chi connectivity index (χ1) is 7.17. The highest BCUT2D eigenvalue weighted by Gasteiger charge is 2.26. The standard InChI is InChI=1S/C12H23NO2/c1-9-4-6-10(7-5-9)11(13-2)8-12(14)15-3/h9-11,13H,4-8H2,1-3H3. The van der Waals surface area contributed by atoms with Gasteiger partial charge < -0.3 is 10.1 Å². The highest BCUT2D eigenvalue weighted by Crippen LogP contribution is 2.31. The summed E-state index contributed by atoms with van der Waals surface area (Å²) in [7, 11) is 3.39. The van der Waals surface area contributed by atoms with Crippen LogP contribution >= 0.6 is 0 Å². The van der Waals surface area contributed by atoms with Crippen LogP contribution in [-0.4, -0.2) is 26.2 Å². The molecule has 1 aliphatic carbocycles. The maximum absolute atomic E-state index is 11.2. The summed E-state index contributed by atoms with van der Waals surface area (Å²) in [6.07, 6.45) is 5.58. The van der Waals surface area contributed by atoms with Crippen molar-refractivity contribution < 1.29 is 9.53 Å². The maximum atomic E-state index is 11.2. The van der Waals surface area contributed by atoms with Crippen LogP contribution in [0.1, 0.15) is 39.0 Å². The molecule has 15 heavy (non-hydrogen) atoms. The quantitative estimate of drug-likeness (QED) is 0.726. The fourth-order valence-corrected chi connectivity index (χ4v) is 2.46. The molecule has 1 aliphatic rings. The summed E-state index contributed by atoms with van der Waals surface area (Å²) in [5, 5.41) is 3.25. The Kier molecular flexibility index (Phi) is 5.09. The van der Waals surface area contributed by atoms with Crippen LogP contribution in [-0.2, 0) is 9.53 Å². The highest BCUT2D eigenvalue weighted by molar-refractivity contribution is 5.69. The van der Waals surface area contributed by atoms with Crippen LogP contribution < -0.4 is 5.32 Å². The Morgan fingerprint density at radius 1 is 1.40 bits per heavy atom. The van der Waals surface area contributed by atoms with E-state index >= 15 is 0 Å². The van der Waals surface area contributed by atoms with Gasteiger partial charge in [-0.15, -0.1) is 0 Å². The molecule has 0 radical (unpaired) electrons. The fraction of sp³-hybridized carbons (Fsp3) is 0.917. The summed E-state index contributed by atoms with van der Waals surface area (Å²) < 4.78 is 4.72. The second-order valence-electron chi connectivity index (χ2n) is 4.70. The number of rotatable bonds is 4. The molecule has 0 aromatic carbocycles. The van der Waals surface area contributed by atoms with E-state index in [4.69, 9.17) is 4.74 Å². The molecule has 1 N–H and O–H groups in total. The van der Waals surface area contributed by atoms with Crippen molar-refractivity contribution >= 4 is 5.97 Å². The van der Waals surface area contributed by atoms with E-state index in [9.17, 15) is 4.79 Å². The van der Waals surface area contributed by atoms with Gasteiger partial charge in [0, 0.05) is 6.04 Å². The van der Waals surface area contributed by atoms with E-state index in [1.807, 2.05) is 7.05 Å². The van der Waals surface area contributed by atoms with Crippen molar-refractivity contribution in [3.05, 3.63) is 0 Å². The zero-order valence-electron chi connectivity index (χ0n) is 10.1. The largest absolute Gasteiger partial charge is 0.469 e. The lowest BCUT2D eigenvalue weighted by Crippen LogP contribution is -2.37. The topological polar surface area (TPSA) is 38.3 Å². The van der Waals surface area contributed by atoms with Crippen LogP contribution in [0.2, 0.25) is 0 Å². The van der Waals surface area contributed by atoms with Gasteiger partial charge in [-0.05, 0) is 31.7 Å². The average molecular weight is 213 g/mol. The Balaban J connectivity index is 2.40. The van der Waals surface area contributed by atoms with E-state index in [1.54, 1.807) is 0 Å². The molecule has 0 amide bonds. The van der Waals surface area contributed by atoms with Crippen molar-refractivity contribution in [2.75, 3.05) is 14.2 Å². The molecule has 0 aromatic heterocycles. The Bertz CT molecular complexity index is 198. The number of methoxy groups -OCH3 is 1. The summed E-state index contributed by atoms with van der Waals surface area (Å²) in [4.78, 5) is 11.2. The van der Waals surface area contributed by atoms with E-state index in [-0.39, 0.29) is 5.97 Å². The summed E-state index contributed by atoms with van der Waals surface area (Å²) >= 11 is 0. The van der Waals surface area contributed by atoms with Crippen LogP contribution in [0.5, 0.6) is 0 Å². The lowest BCUT2D eigenvalue weighted by atomic mass is 9.78. The van der Waals surface area contributed by atoms with E-state index in [0.717, 1.165) is 5.92 Å². The van der Waals surface area contributed by atoms with Crippen LogP contribution in [0.3, 0.4) is 0 Å². The summed E-state index contributed by atoms with van der Waals surface area (Å²) in [5.41, 5.74) is 0. The number of hydrogen-bond acceptors (Lipinski definition) is 3. The van der Waals surface area contributed by atoms with Crippen molar-refractivity contribution in [3.8, 4) is 0 Å². The Hall–Kier alpha value is -0.570. The van der Waals surface area contributed by atoms with Crippen LogP contribution in [0.25, 0.3) is 0 Å². The lowest BCUT2D eigenvalue weighted by Gasteiger charge is -2.32. The number of nitrogens with one attached hydrogen (secondary N) is 1. The minimum atomic E-state index is -0.104. The van der Waals surface area contributed by atoms with Crippen LogP contribution in [0.4, 0.5) is 0 Å². The van der Waals surface area contributed by atoms with Crippen molar-refractivity contribution in [2.24, 2.45) is 11.8 Å². The Morgan fingerprint density at radius 3 is 2.47 bits per heavy atom. The first-order valence-electron chi connectivity index (χ1n) is 5.91. The van der Waals surface area contributed by atoms with Gasteiger partial charge in [0.15, 0.2) is 0 Å².